The quantitative estimate of drug-likeness (QED) is 0.534. The van der Waals surface area contributed by atoms with E-state index in [-0.39, 0.29) is 0 Å². The van der Waals surface area contributed by atoms with Gasteiger partial charge in [-0.2, -0.15) is 0 Å². The SMILES string of the molecule is CC(C(C)(C)CC(C)(C)C)C(C)(C)CC(C)(C)C. The highest BCUT2D eigenvalue weighted by atomic mass is 14.5. The van der Waals surface area contributed by atoms with E-state index in [1.54, 1.807) is 0 Å². The normalized spacial score (nSPS) is 15.3. The molecule has 0 aromatic carbocycles. The first-order valence-electron chi connectivity index (χ1n) is 7.57. The summed E-state index contributed by atoms with van der Waals surface area (Å²) in [5.74, 6) is 0.725. The molecule has 0 rings (SSSR count). The molecule has 18 heavy (non-hydrogen) atoms. The Morgan fingerprint density at radius 3 is 0.944 bits per heavy atom. The van der Waals surface area contributed by atoms with Crippen LogP contribution in [-0.2, 0) is 0 Å². The van der Waals surface area contributed by atoms with Crippen molar-refractivity contribution in [3.8, 4) is 0 Å². The van der Waals surface area contributed by atoms with E-state index < -0.39 is 0 Å². The van der Waals surface area contributed by atoms with Crippen molar-refractivity contribution in [2.45, 2.75) is 89.0 Å². The predicted octanol–water partition coefficient (Wildman–Crippen LogP) is 6.55. The van der Waals surface area contributed by atoms with Crippen LogP contribution in [0.15, 0.2) is 0 Å². The molecule has 0 radical (unpaired) electrons. The van der Waals surface area contributed by atoms with Crippen LogP contribution in [0.1, 0.15) is 89.0 Å². The maximum absolute atomic E-state index is 2.46. The highest BCUT2D eigenvalue weighted by Crippen LogP contribution is 2.50. The highest BCUT2D eigenvalue weighted by Gasteiger charge is 2.40. The van der Waals surface area contributed by atoms with Gasteiger partial charge >= 0.3 is 0 Å². The molecule has 0 fully saturated rings. The molecule has 0 aliphatic carbocycles. The van der Waals surface area contributed by atoms with Crippen molar-refractivity contribution in [3.05, 3.63) is 0 Å². The molecule has 0 aliphatic rings. The summed E-state index contributed by atoms with van der Waals surface area (Å²) in [6.45, 7) is 26.4. The first-order valence-corrected chi connectivity index (χ1v) is 7.57. The number of hydrogen-bond donors (Lipinski definition) is 0. The number of hydrogen-bond acceptors (Lipinski definition) is 0. The Labute approximate surface area is 117 Å². The van der Waals surface area contributed by atoms with E-state index in [1.807, 2.05) is 0 Å². The smallest absolute Gasteiger partial charge is 0.0318 e. The van der Waals surface area contributed by atoms with Gasteiger partial charge in [-0.05, 0) is 40.4 Å². The fourth-order valence-electron chi connectivity index (χ4n) is 4.10. The minimum Gasteiger partial charge on any atom is -0.0615 e. The monoisotopic (exact) mass is 254 g/mol. The molecule has 0 aromatic rings. The summed E-state index contributed by atoms with van der Waals surface area (Å²) in [6.07, 6.45) is 2.57. The lowest BCUT2D eigenvalue weighted by Crippen LogP contribution is -2.38. The van der Waals surface area contributed by atoms with Crippen LogP contribution >= 0.6 is 0 Å². The van der Waals surface area contributed by atoms with Gasteiger partial charge in [0.25, 0.3) is 0 Å². The van der Waals surface area contributed by atoms with Crippen LogP contribution in [0.5, 0.6) is 0 Å². The summed E-state index contributed by atoms with van der Waals surface area (Å²) in [7, 11) is 0. The molecule has 0 heterocycles. The van der Waals surface area contributed by atoms with E-state index in [1.165, 1.54) is 12.8 Å². The summed E-state index contributed by atoms with van der Waals surface area (Å²) in [6, 6.07) is 0. The molecule has 0 spiro atoms. The Hall–Kier alpha value is 0. The summed E-state index contributed by atoms with van der Waals surface area (Å²) in [4.78, 5) is 0. The zero-order valence-electron chi connectivity index (χ0n) is 15.0. The van der Waals surface area contributed by atoms with Crippen LogP contribution in [0.4, 0.5) is 0 Å². The fourth-order valence-corrected chi connectivity index (χ4v) is 4.10. The number of rotatable bonds is 4. The average Bonchev–Trinajstić information content (AvgIpc) is 1.92. The molecule has 0 heteroatoms. The molecule has 0 amide bonds. The summed E-state index contributed by atoms with van der Waals surface area (Å²) in [5.41, 5.74) is 1.62. The summed E-state index contributed by atoms with van der Waals surface area (Å²) < 4.78 is 0. The lowest BCUT2D eigenvalue weighted by molar-refractivity contribution is 0.0248. The van der Waals surface area contributed by atoms with Gasteiger partial charge in [-0.1, -0.05) is 76.2 Å². The second-order valence-electron chi connectivity index (χ2n) is 10.2. The van der Waals surface area contributed by atoms with Crippen LogP contribution in [0, 0.1) is 27.6 Å². The van der Waals surface area contributed by atoms with Gasteiger partial charge in [-0.25, -0.2) is 0 Å². The minimum atomic E-state index is 0.396. The van der Waals surface area contributed by atoms with Gasteiger partial charge in [0.05, 0.1) is 0 Å². The van der Waals surface area contributed by atoms with Crippen molar-refractivity contribution < 1.29 is 0 Å². The second-order valence-corrected chi connectivity index (χ2v) is 10.2. The van der Waals surface area contributed by atoms with Crippen LogP contribution in [0.2, 0.25) is 0 Å². The van der Waals surface area contributed by atoms with Crippen LogP contribution in [0.25, 0.3) is 0 Å². The molecule has 0 aliphatic heterocycles. The lowest BCUT2D eigenvalue weighted by Gasteiger charge is -2.47. The van der Waals surface area contributed by atoms with Crippen molar-refractivity contribution in [3.63, 3.8) is 0 Å². The molecular formula is C18H38. The van der Waals surface area contributed by atoms with Gasteiger partial charge in [-0.15, -0.1) is 0 Å². The van der Waals surface area contributed by atoms with E-state index in [0.29, 0.717) is 21.7 Å². The molecular weight excluding hydrogens is 216 g/mol. The fraction of sp³-hybridized carbons (Fsp3) is 1.00. The van der Waals surface area contributed by atoms with Crippen LogP contribution in [-0.4, -0.2) is 0 Å². The maximum Gasteiger partial charge on any atom is -0.0318 e. The zero-order valence-corrected chi connectivity index (χ0v) is 15.0. The van der Waals surface area contributed by atoms with Crippen molar-refractivity contribution in [1.82, 2.24) is 0 Å². The third kappa shape index (κ3) is 6.25. The molecule has 0 unspecified atom stereocenters. The van der Waals surface area contributed by atoms with Crippen molar-refractivity contribution in [2.24, 2.45) is 27.6 Å². The Kier molecular flexibility index (Phi) is 5.17. The second kappa shape index (κ2) is 5.17. The Morgan fingerprint density at radius 1 is 0.556 bits per heavy atom. The van der Waals surface area contributed by atoms with Gasteiger partial charge in [0, 0.05) is 0 Å². The van der Waals surface area contributed by atoms with Crippen LogP contribution in [0.3, 0.4) is 0 Å². The van der Waals surface area contributed by atoms with E-state index >= 15 is 0 Å². The van der Waals surface area contributed by atoms with Gasteiger partial charge in [0.15, 0.2) is 0 Å². The minimum absolute atomic E-state index is 0.396. The first kappa shape index (κ1) is 18.0. The van der Waals surface area contributed by atoms with E-state index in [2.05, 4.69) is 76.2 Å². The molecule has 0 atom stereocenters. The molecule has 0 aromatic heterocycles. The average molecular weight is 255 g/mol. The molecule has 0 saturated heterocycles. The largest absolute Gasteiger partial charge is 0.0615 e. The molecule has 0 N–H and O–H groups in total. The summed E-state index contributed by atoms with van der Waals surface area (Å²) >= 11 is 0. The van der Waals surface area contributed by atoms with Gasteiger partial charge < -0.3 is 0 Å². The topological polar surface area (TPSA) is 0 Å². The van der Waals surface area contributed by atoms with Gasteiger partial charge in [0.2, 0.25) is 0 Å². The molecule has 0 bridgehead atoms. The lowest BCUT2D eigenvalue weighted by atomic mass is 9.58. The van der Waals surface area contributed by atoms with Crippen molar-refractivity contribution >= 4 is 0 Å². The standard InChI is InChI=1S/C18H38/c1-14(17(8,9)12-15(2,3)4)18(10,11)13-16(5,6)7/h14H,12-13H2,1-11H3. The highest BCUT2D eigenvalue weighted by molar-refractivity contribution is 4.90. The van der Waals surface area contributed by atoms with Gasteiger partial charge in [0.1, 0.15) is 0 Å². The molecule has 110 valence electrons. The van der Waals surface area contributed by atoms with E-state index in [9.17, 15) is 0 Å². The first-order chi connectivity index (χ1) is 7.57. The van der Waals surface area contributed by atoms with Crippen LogP contribution < -0.4 is 0 Å². The third-order valence-electron chi connectivity index (χ3n) is 4.32. The van der Waals surface area contributed by atoms with Gasteiger partial charge in [-0.3, -0.25) is 0 Å². The summed E-state index contributed by atoms with van der Waals surface area (Å²) in [5, 5.41) is 0. The van der Waals surface area contributed by atoms with Crippen molar-refractivity contribution in [2.75, 3.05) is 0 Å². The zero-order chi connectivity index (χ0) is 15.0. The Bertz CT molecular complexity index is 227. The third-order valence-corrected chi connectivity index (χ3v) is 4.32. The Morgan fingerprint density at radius 2 is 0.778 bits per heavy atom. The molecule has 0 saturated carbocycles. The molecule has 0 nitrogen and oxygen atoms in total. The maximum atomic E-state index is 2.46. The van der Waals surface area contributed by atoms with E-state index in [0.717, 1.165) is 5.92 Å². The Balaban J connectivity index is 4.96. The van der Waals surface area contributed by atoms with E-state index in [4.69, 9.17) is 0 Å². The van der Waals surface area contributed by atoms with Crippen molar-refractivity contribution in [1.29, 1.82) is 0 Å². The predicted molar refractivity (Wildman–Crippen MR) is 84.9 cm³/mol.